The van der Waals surface area contributed by atoms with Gasteiger partial charge in [-0.25, -0.2) is 18.1 Å². The summed E-state index contributed by atoms with van der Waals surface area (Å²) in [6.07, 6.45) is 2.04. The van der Waals surface area contributed by atoms with Crippen LogP contribution in [-0.4, -0.2) is 149 Å². The zero-order valence-corrected chi connectivity index (χ0v) is 44.1. The molecule has 1 saturated carbocycles. The van der Waals surface area contributed by atoms with E-state index < -0.39 is 94.9 Å². The zero-order chi connectivity index (χ0) is 53.6. The molecule has 8 rings (SSSR count). The normalized spacial score (nSPS) is 20.2. The Labute approximate surface area is 441 Å². The van der Waals surface area contributed by atoms with Crippen LogP contribution in [0.25, 0.3) is 21.7 Å². The Hall–Kier alpha value is -6.17. The number of carbonyl (C=O) groups excluding carboxylic acids is 6. The lowest BCUT2D eigenvalue weighted by molar-refractivity contribution is -0.145. The van der Waals surface area contributed by atoms with Gasteiger partial charge in [0.2, 0.25) is 29.4 Å². The van der Waals surface area contributed by atoms with Crippen LogP contribution in [-0.2, 0) is 33.5 Å². The minimum absolute atomic E-state index is 0.0528. The number of aromatic nitrogens is 2. The van der Waals surface area contributed by atoms with Crippen LogP contribution < -0.4 is 30.9 Å². The maximum absolute atomic E-state index is 15.2. The van der Waals surface area contributed by atoms with Gasteiger partial charge in [-0.15, -0.1) is 11.3 Å². The average molecular weight is 1080 g/mol. The quantitative estimate of drug-likeness (QED) is 0.0785. The van der Waals surface area contributed by atoms with E-state index in [-0.39, 0.29) is 69.6 Å². The van der Waals surface area contributed by atoms with E-state index in [1.54, 1.807) is 49.4 Å². The van der Waals surface area contributed by atoms with Crippen molar-refractivity contribution in [3.63, 3.8) is 0 Å². The fourth-order valence-corrected chi connectivity index (χ4v) is 11.1. The number of morpholine rings is 1. The largest absolute Gasteiger partial charge is 0.480 e. The average Bonchev–Trinajstić information content (AvgIpc) is 3.68. The number of hydrogen-bond acceptors (Lipinski definition) is 14. The molecule has 0 spiro atoms. The van der Waals surface area contributed by atoms with Gasteiger partial charge in [0, 0.05) is 75.3 Å². The standard InChI is InChI=1S/C52H64F3N9O9S2/c1-30-25-57-75-45(30)32-11-9-31(10-12-32)37(59-47(69)39-23-34(65)27-64(39)48(70)46(51(2,3)4)61-49(71)52(55)15-16-52)24-40(66)56-17-5-8-42(68)63-18-6-7-33(26-63)58-41(67)28-73-44-35(13-14-36(53)43(44)54)38-29-74-50(60-38)62-19-21-72-22-20-62/h9-14,25,29,33-34,37,39,46,65H,5-8,15-24,26-28H2,1-4H3,(H,56,66)(H,58,67)(H,59,69)(H,61,71)/t33?,34-,37?,39+,46-/m1/s1. The van der Waals surface area contributed by atoms with Gasteiger partial charge >= 0.3 is 0 Å². The molecule has 4 aliphatic rings. The molecule has 404 valence electrons. The number of piperidine rings is 1. The Balaban J connectivity index is 0.840. The van der Waals surface area contributed by atoms with Crippen LogP contribution in [0.4, 0.5) is 18.3 Å². The molecule has 2 unspecified atom stereocenters. The minimum atomic E-state index is -2.04. The van der Waals surface area contributed by atoms with Crippen LogP contribution in [0.3, 0.4) is 0 Å². The van der Waals surface area contributed by atoms with Gasteiger partial charge in [0.15, 0.2) is 29.0 Å². The monoisotopic (exact) mass is 1080 g/mol. The van der Waals surface area contributed by atoms with E-state index in [9.17, 15) is 42.7 Å². The van der Waals surface area contributed by atoms with Crippen molar-refractivity contribution in [1.29, 1.82) is 0 Å². The third-order valence-electron chi connectivity index (χ3n) is 13.9. The second-order valence-corrected chi connectivity index (χ2v) is 22.3. The van der Waals surface area contributed by atoms with Crippen LogP contribution in [0.15, 0.2) is 48.0 Å². The first-order valence-corrected chi connectivity index (χ1v) is 27.0. The van der Waals surface area contributed by atoms with Gasteiger partial charge in [-0.2, -0.15) is 4.39 Å². The molecule has 0 bridgehead atoms. The van der Waals surface area contributed by atoms with Crippen molar-refractivity contribution >= 4 is 63.4 Å². The summed E-state index contributed by atoms with van der Waals surface area (Å²) in [5.41, 5.74) is 0.128. The fourth-order valence-electron chi connectivity index (χ4n) is 9.45. The number of likely N-dealkylation sites (tertiary alicyclic amines) is 2. The van der Waals surface area contributed by atoms with Crippen LogP contribution in [0, 0.1) is 24.0 Å². The van der Waals surface area contributed by atoms with E-state index >= 15 is 4.39 Å². The Kier molecular flexibility index (Phi) is 17.5. The van der Waals surface area contributed by atoms with Crippen molar-refractivity contribution in [3.8, 4) is 27.4 Å². The summed E-state index contributed by atoms with van der Waals surface area (Å²) in [7, 11) is 0. The number of halogens is 3. The van der Waals surface area contributed by atoms with Crippen LogP contribution in [0.1, 0.15) is 89.3 Å². The van der Waals surface area contributed by atoms with E-state index in [1.807, 2.05) is 24.0 Å². The molecular formula is C52H64F3N9O9S2. The topological polar surface area (TPSA) is 225 Å². The maximum atomic E-state index is 15.2. The number of alkyl halides is 1. The zero-order valence-electron chi connectivity index (χ0n) is 42.4. The highest BCUT2D eigenvalue weighted by Crippen LogP contribution is 2.41. The maximum Gasteiger partial charge on any atom is 0.258 e. The first-order valence-electron chi connectivity index (χ1n) is 25.3. The summed E-state index contributed by atoms with van der Waals surface area (Å²) in [4.78, 5) is 91.8. The van der Waals surface area contributed by atoms with Crippen LogP contribution in [0.2, 0.25) is 0 Å². The highest BCUT2D eigenvalue weighted by molar-refractivity contribution is 7.14. The van der Waals surface area contributed by atoms with E-state index in [2.05, 4.69) is 30.6 Å². The van der Waals surface area contributed by atoms with Gasteiger partial charge < -0.3 is 50.5 Å². The number of amides is 6. The second-order valence-electron chi connectivity index (χ2n) is 20.7. The molecule has 23 heteroatoms. The van der Waals surface area contributed by atoms with E-state index in [1.165, 1.54) is 33.8 Å². The van der Waals surface area contributed by atoms with E-state index in [0.717, 1.165) is 22.1 Å². The number of benzene rings is 2. The minimum Gasteiger partial charge on any atom is -0.480 e. The predicted molar refractivity (Wildman–Crippen MR) is 274 cm³/mol. The molecule has 2 aromatic heterocycles. The summed E-state index contributed by atoms with van der Waals surface area (Å²) < 4.78 is 59.6. The molecule has 1 aliphatic carbocycles. The Bertz CT molecular complexity index is 2730. The van der Waals surface area contributed by atoms with Crippen molar-refractivity contribution in [3.05, 3.63) is 70.7 Å². The Morgan fingerprint density at radius 3 is 2.43 bits per heavy atom. The van der Waals surface area contributed by atoms with Crippen molar-refractivity contribution in [2.75, 3.05) is 64.0 Å². The lowest BCUT2D eigenvalue weighted by Gasteiger charge is -2.36. The van der Waals surface area contributed by atoms with Gasteiger partial charge in [0.1, 0.15) is 12.1 Å². The highest BCUT2D eigenvalue weighted by Gasteiger charge is 2.53. The number of rotatable bonds is 19. The molecule has 3 saturated heterocycles. The predicted octanol–water partition coefficient (Wildman–Crippen LogP) is 4.98. The second kappa shape index (κ2) is 23.8. The number of aryl methyl sites for hydroxylation is 1. The van der Waals surface area contributed by atoms with Crippen molar-refractivity contribution < 1.29 is 56.5 Å². The number of anilines is 1. The molecule has 18 nitrogen and oxygen atoms in total. The smallest absolute Gasteiger partial charge is 0.258 e. The number of ether oxygens (including phenoxy) is 2. The van der Waals surface area contributed by atoms with Gasteiger partial charge in [0.05, 0.1) is 42.4 Å². The molecule has 5 atom stereocenters. The number of nitrogens with one attached hydrogen (secondary N) is 4. The molecule has 75 heavy (non-hydrogen) atoms. The summed E-state index contributed by atoms with van der Waals surface area (Å²) in [6, 6.07) is 5.98. The number of hydrogen-bond donors (Lipinski definition) is 5. The molecule has 6 amide bonds. The van der Waals surface area contributed by atoms with Gasteiger partial charge in [-0.3, -0.25) is 28.8 Å². The first kappa shape index (κ1) is 55.1. The fraction of sp³-hybridized carbons (Fsp3) is 0.538. The molecule has 4 fully saturated rings. The number of β-amino-alcohol motifs (C(OH)–C–C–N with tert-alkyl or cyclic N) is 1. The Morgan fingerprint density at radius 1 is 0.987 bits per heavy atom. The number of carbonyl (C=O) groups is 6. The summed E-state index contributed by atoms with van der Waals surface area (Å²) in [5, 5.41) is 24.4. The number of thiazole rings is 1. The van der Waals surface area contributed by atoms with E-state index in [0.29, 0.717) is 62.1 Å². The number of nitrogens with zero attached hydrogens (tertiary/aromatic N) is 5. The third-order valence-corrected chi connectivity index (χ3v) is 15.7. The van der Waals surface area contributed by atoms with Crippen molar-refractivity contribution in [1.82, 2.24) is 40.4 Å². The lowest BCUT2D eigenvalue weighted by Crippen LogP contribution is -2.59. The third kappa shape index (κ3) is 13.6. The first-order chi connectivity index (χ1) is 35.8. The van der Waals surface area contributed by atoms with E-state index in [4.69, 9.17) is 9.47 Å². The molecule has 2 aromatic carbocycles. The Morgan fingerprint density at radius 2 is 1.73 bits per heavy atom. The molecule has 5 N–H and O–H groups in total. The highest BCUT2D eigenvalue weighted by atomic mass is 32.1. The summed E-state index contributed by atoms with van der Waals surface area (Å²) in [6.45, 7) is 9.48. The molecule has 0 radical (unpaired) electrons. The number of aliphatic hydroxyl groups is 1. The van der Waals surface area contributed by atoms with Gasteiger partial charge in [-0.05, 0) is 84.8 Å². The van der Waals surface area contributed by atoms with Gasteiger partial charge in [0.25, 0.3) is 11.8 Å². The van der Waals surface area contributed by atoms with Crippen molar-refractivity contribution in [2.24, 2.45) is 5.41 Å². The van der Waals surface area contributed by atoms with Crippen LogP contribution in [0.5, 0.6) is 5.75 Å². The number of aliphatic hydroxyl groups excluding tert-OH is 1. The molecular weight excluding hydrogens is 1020 g/mol. The molecule has 4 aromatic rings. The summed E-state index contributed by atoms with van der Waals surface area (Å²) >= 11 is 2.69. The van der Waals surface area contributed by atoms with Crippen LogP contribution >= 0.6 is 22.9 Å². The SMILES string of the molecule is Cc1cnsc1-c1ccc(C(CC(=O)NCCCC(=O)N2CCCC(NC(=O)COc3c(-c4csc(N5CCOCC5)n4)ccc(F)c3F)C2)NC(=O)[C@@H]2C[C@@H](O)CN2C(=O)[C@@H](NC(=O)C2(F)CC2)C(C)(C)C)cc1. The molecule has 5 heterocycles. The van der Waals surface area contributed by atoms with Gasteiger partial charge in [-0.1, -0.05) is 45.0 Å². The van der Waals surface area contributed by atoms with Crippen molar-refractivity contribution in [2.45, 2.75) is 115 Å². The lowest BCUT2D eigenvalue weighted by atomic mass is 9.85. The summed E-state index contributed by atoms with van der Waals surface area (Å²) in [5.74, 6) is -6.15. The molecule has 3 aliphatic heterocycles.